The van der Waals surface area contributed by atoms with E-state index in [1.165, 1.54) is 4.31 Å². The van der Waals surface area contributed by atoms with Crippen LogP contribution in [0.25, 0.3) is 0 Å². The summed E-state index contributed by atoms with van der Waals surface area (Å²) in [7, 11) is -3.73. The fourth-order valence-corrected chi connectivity index (χ4v) is 6.39. The van der Waals surface area contributed by atoms with E-state index in [4.69, 9.17) is 4.74 Å². The average molecular weight is 494 g/mol. The van der Waals surface area contributed by atoms with E-state index in [1.54, 1.807) is 40.1 Å². The summed E-state index contributed by atoms with van der Waals surface area (Å²) in [4.78, 5) is 30.0. The molecule has 2 saturated heterocycles. The lowest BCUT2D eigenvalue weighted by atomic mass is 9.96. The summed E-state index contributed by atoms with van der Waals surface area (Å²) >= 11 is 0. The maximum Gasteiger partial charge on any atom is 0.410 e. The molecule has 9 heteroatoms. The number of benzene rings is 1. The number of carbonyl (C=O) groups is 2. The molecule has 2 fully saturated rings. The van der Waals surface area contributed by atoms with Crippen LogP contribution in [0.3, 0.4) is 0 Å². The lowest BCUT2D eigenvalue weighted by Gasteiger charge is -2.39. The highest BCUT2D eigenvalue weighted by atomic mass is 32.2. The van der Waals surface area contributed by atoms with Gasteiger partial charge in [0.15, 0.2) is 0 Å². The van der Waals surface area contributed by atoms with Crippen molar-refractivity contribution >= 4 is 22.0 Å². The van der Waals surface area contributed by atoms with Crippen LogP contribution in [-0.2, 0) is 19.6 Å². The summed E-state index contributed by atoms with van der Waals surface area (Å²) in [5.41, 5.74) is -0.574. The molecule has 0 aromatic heterocycles. The molecule has 0 bridgehead atoms. The van der Waals surface area contributed by atoms with Gasteiger partial charge in [-0.2, -0.15) is 4.31 Å². The zero-order chi connectivity index (χ0) is 25.1. The molecule has 2 unspecified atom stereocenters. The van der Waals surface area contributed by atoms with Crippen molar-refractivity contribution in [1.82, 2.24) is 14.1 Å². The van der Waals surface area contributed by atoms with Crippen LogP contribution in [0.2, 0.25) is 0 Å². The van der Waals surface area contributed by atoms with Crippen LogP contribution >= 0.6 is 0 Å². The Morgan fingerprint density at radius 2 is 1.74 bits per heavy atom. The predicted octanol–water partition coefficient (Wildman–Crippen LogP) is 3.72. The van der Waals surface area contributed by atoms with Gasteiger partial charge in [-0.3, -0.25) is 4.79 Å². The first-order valence-electron chi connectivity index (χ1n) is 12.3. The Labute approximate surface area is 204 Å². The van der Waals surface area contributed by atoms with Crippen LogP contribution in [0.4, 0.5) is 4.79 Å². The Morgan fingerprint density at radius 1 is 1.09 bits per heavy atom. The number of hydrogen-bond acceptors (Lipinski definition) is 5. The quantitative estimate of drug-likeness (QED) is 0.603. The van der Waals surface area contributed by atoms with Gasteiger partial charge in [-0.25, -0.2) is 13.2 Å². The molecule has 1 aromatic rings. The Bertz CT molecular complexity index is 959. The minimum Gasteiger partial charge on any atom is -0.444 e. The van der Waals surface area contributed by atoms with Gasteiger partial charge in [0.1, 0.15) is 11.6 Å². The highest BCUT2D eigenvalue weighted by Gasteiger charge is 2.42. The second kappa shape index (κ2) is 10.6. The third-order valence-electron chi connectivity index (χ3n) is 6.38. The number of sulfonamides is 1. The van der Waals surface area contributed by atoms with Crippen molar-refractivity contribution < 1.29 is 22.7 Å². The van der Waals surface area contributed by atoms with Gasteiger partial charge in [0.2, 0.25) is 15.9 Å². The first kappa shape index (κ1) is 26.5. The molecule has 8 nitrogen and oxygen atoms in total. The maximum absolute atomic E-state index is 13.5. The summed E-state index contributed by atoms with van der Waals surface area (Å²) in [6.07, 6.45) is 2.59. The van der Waals surface area contributed by atoms with Gasteiger partial charge < -0.3 is 14.5 Å². The molecule has 2 heterocycles. The summed E-state index contributed by atoms with van der Waals surface area (Å²) in [5.74, 6) is -0.0109. The Kier molecular flexibility index (Phi) is 8.29. The molecule has 1 aromatic carbocycles. The molecule has 34 heavy (non-hydrogen) atoms. The van der Waals surface area contributed by atoms with E-state index in [1.807, 2.05) is 34.6 Å². The van der Waals surface area contributed by atoms with E-state index in [2.05, 4.69) is 0 Å². The van der Waals surface area contributed by atoms with Gasteiger partial charge in [0.05, 0.1) is 4.90 Å². The van der Waals surface area contributed by atoms with Gasteiger partial charge in [-0.1, -0.05) is 18.2 Å². The van der Waals surface area contributed by atoms with E-state index in [-0.39, 0.29) is 28.9 Å². The number of hydrogen-bond donors (Lipinski definition) is 0. The SMILES string of the molecule is CC(C)N(CC1CCCN(C(=O)C2CCCN2S(=O)(=O)c2ccccc2)C1)C(=O)OC(C)(C)C. The minimum atomic E-state index is -3.73. The van der Waals surface area contributed by atoms with Crippen molar-refractivity contribution in [1.29, 1.82) is 0 Å². The fraction of sp³-hybridized carbons (Fsp3) is 0.680. The van der Waals surface area contributed by atoms with E-state index in [0.717, 1.165) is 12.8 Å². The van der Waals surface area contributed by atoms with Crippen molar-refractivity contribution in [2.45, 2.75) is 82.9 Å². The summed E-state index contributed by atoms with van der Waals surface area (Å²) in [6, 6.07) is 7.61. The molecule has 2 atom stereocenters. The van der Waals surface area contributed by atoms with Crippen LogP contribution in [0.15, 0.2) is 35.2 Å². The lowest BCUT2D eigenvalue weighted by molar-refractivity contribution is -0.136. The van der Waals surface area contributed by atoms with Crippen LogP contribution in [0, 0.1) is 5.92 Å². The molecule has 0 spiro atoms. The Morgan fingerprint density at radius 3 is 2.35 bits per heavy atom. The van der Waals surface area contributed by atoms with Crippen LogP contribution < -0.4 is 0 Å². The predicted molar refractivity (Wildman–Crippen MR) is 131 cm³/mol. The highest BCUT2D eigenvalue weighted by Crippen LogP contribution is 2.29. The van der Waals surface area contributed by atoms with Gasteiger partial charge in [-0.15, -0.1) is 0 Å². The third-order valence-corrected chi connectivity index (χ3v) is 8.30. The van der Waals surface area contributed by atoms with Crippen LogP contribution in [0.5, 0.6) is 0 Å². The molecule has 0 saturated carbocycles. The molecule has 0 radical (unpaired) electrons. The van der Waals surface area contributed by atoms with Gasteiger partial charge in [0, 0.05) is 32.2 Å². The van der Waals surface area contributed by atoms with Gasteiger partial charge >= 0.3 is 6.09 Å². The number of nitrogens with zero attached hydrogens (tertiary/aromatic N) is 3. The number of likely N-dealkylation sites (tertiary alicyclic amines) is 1. The zero-order valence-electron chi connectivity index (χ0n) is 21.1. The standard InChI is InChI=1S/C25H39N3O5S/c1-19(2)27(24(30)33-25(3,4)5)18-20-11-9-15-26(17-20)23(29)22-14-10-16-28(22)34(31,32)21-12-7-6-8-13-21/h6-8,12-13,19-20,22H,9-11,14-18H2,1-5H3. The first-order valence-corrected chi connectivity index (χ1v) is 13.7. The summed E-state index contributed by atoms with van der Waals surface area (Å²) < 4.78 is 33.4. The number of piperidine rings is 1. The average Bonchev–Trinajstić information content (AvgIpc) is 3.27. The molecular weight excluding hydrogens is 454 g/mol. The van der Waals surface area contributed by atoms with Gasteiger partial charge in [-0.05, 0) is 78.4 Å². The Hall–Kier alpha value is -2.13. The topological polar surface area (TPSA) is 87.2 Å². The molecule has 0 N–H and O–H groups in total. The lowest BCUT2D eigenvalue weighted by Crippen LogP contribution is -2.52. The molecule has 2 amide bonds. The molecule has 2 aliphatic rings. The largest absolute Gasteiger partial charge is 0.444 e. The first-order chi connectivity index (χ1) is 15.9. The second-order valence-corrected chi connectivity index (χ2v) is 12.5. The van der Waals surface area contributed by atoms with Crippen molar-refractivity contribution in [3.8, 4) is 0 Å². The number of rotatable bonds is 6. The number of carbonyl (C=O) groups excluding carboxylic acids is 2. The smallest absolute Gasteiger partial charge is 0.410 e. The molecule has 2 aliphatic heterocycles. The van der Waals surface area contributed by atoms with Crippen molar-refractivity contribution in [2.75, 3.05) is 26.2 Å². The van der Waals surface area contributed by atoms with Crippen LogP contribution in [-0.4, -0.2) is 78.4 Å². The van der Waals surface area contributed by atoms with E-state index in [9.17, 15) is 18.0 Å². The number of amides is 2. The number of ether oxygens (including phenoxy) is 1. The molecule has 190 valence electrons. The van der Waals surface area contributed by atoms with Crippen LogP contribution in [0.1, 0.15) is 60.3 Å². The highest BCUT2D eigenvalue weighted by molar-refractivity contribution is 7.89. The van der Waals surface area contributed by atoms with E-state index < -0.39 is 21.7 Å². The molecular formula is C25H39N3O5S. The second-order valence-electron chi connectivity index (χ2n) is 10.6. The van der Waals surface area contributed by atoms with E-state index >= 15 is 0 Å². The monoisotopic (exact) mass is 493 g/mol. The summed E-state index contributed by atoms with van der Waals surface area (Å²) in [6.45, 7) is 11.4. The van der Waals surface area contributed by atoms with Crippen molar-refractivity contribution in [3.05, 3.63) is 30.3 Å². The summed E-state index contributed by atoms with van der Waals surface area (Å²) in [5, 5.41) is 0. The van der Waals surface area contributed by atoms with E-state index in [0.29, 0.717) is 39.0 Å². The van der Waals surface area contributed by atoms with Crippen molar-refractivity contribution in [2.24, 2.45) is 5.92 Å². The minimum absolute atomic E-state index is 0.0257. The maximum atomic E-state index is 13.5. The fourth-order valence-electron chi connectivity index (χ4n) is 4.72. The van der Waals surface area contributed by atoms with Crippen molar-refractivity contribution in [3.63, 3.8) is 0 Å². The van der Waals surface area contributed by atoms with Gasteiger partial charge in [0.25, 0.3) is 0 Å². The Balaban J connectivity index is 1.69. The third kappa shape index (κ3) is 6.30. The molecule has 3 rings (SSSR count). The molecule has 0 aliphatic carbocycles. The zero-order valence-corrected chi connectivity index (χ0v) is 21.9. The normalized spacial score (nSPS) is 22.1.